The molecule has 2 rings (SSSR count). The van der Waals surface area contributed by atoms with Crippen LogP contribution in [0.1, 0.15) is 34.2 Å². The van der Waals surface area contributed by atoms with E-state index in [1.807, 2.05) is 13.8 Å². The van der Waals surface area contributed by atoms with E-state index < -0.39 is 0 Å². The van der Waals surface area contributed by atoms with Crippen LogP contribution in [-0.2, 0) is 6.42 Å². The van der Waals surface area contributed by atoms with Crippen molar-refractivity contribution in [2.45, 2.75) is 33.2 Å². The molecule has 3 nitrogen and oxygen atoms in total. The van der Waals surface area contributed by atoms with Crippen LogP contribution in [0, 0.1) is 19.7 Å². The van der Waals surface area contributed by atoms with Gasteiger partial charge in [-0.1, -0.05) is 6.92 Å². The van der Waals surface area contributed by atoms with Gasteiger partial charge in [-0.15, -0.1) is 11.3 Å². The zero-order valence-corrected chi connectivity index (χ0v) is 12.2. The third kappa shape index (κ3) is 3.36. The van der Waals surface area contributed by atoms with Crippen molar-refractivity contribution in [3.63, 3.8) is 0 Å². The summed E-state index contributed by atoms with van der Waals surface area (Å²) in [4.78, 5) is 9.89. The molecule has 0 spiro atoms. The Morgan fingerprint density at radius 1 is 1.42 bits per heavy atom. The second-order valence-electron chi connectivity index (χ2n) is 4.43. The number of aryl methyl sites for hydroxylation is 2. The molecule has 102 valence electrons. The fourth-order valence-electron chi connectivity index (χ4n) is 1.97. The molecule has 0 bridgehead atoms. The summed E-state index contributed by atoms with van der Waals surface area (Å²) in [6.07, 6.45) is 2.29. The van der Waals surface area contributed by atoms with E-state index in [1.54, 1.807) is 23.6 Å². The van der Waals surface area contributed by atoms with Gasteiger partial charge in [-0.25, -0.2) is 9.37 Å². The highest BCUT2D eigenvalue weighted by Crippen LogP contribution is 2.23. The molecule has 0 saturated carbocycles. The molecule has 19 heavy (non-hydrogen) atoms. The Balaban J connectivity index is 2.23. The van der Waals surface area contributed by atoms with Crippen molar-refractivity contribution in [1.82, 2.24) is 15.3 Å². The molecule has 2 aromatic rings. The van der Waals surface area contributed by atoms with Gasteiger partial charge in [-0.05, 0) is 32.5 Å². The second-order valence-corrected chi connectivity index (χ2v) is 5.72. The highest BCUT2D eigenvalue weighted by Gasteiger charge is 2.18. The van der Waals surface area contributed by atoms with Gasteiger partial charge in [0.2, 0.25) is 0 Å². The van der Waals surface area contributed by atoms with E-state index in [4.69, 9.17) is 0 Å². The van der Waals surface area contributed by atoms with Gasteiger partial charge >= 0.3 is 0 Å². The molecule has 0 aliphatic carbocycles. The Labute approximate surface area is 116 Å². The minimum absolute atomic E-state index is 0.129. The number of nitrogens with one attached hydrogen (secondary N) is 1. The lowest BCUT2D eigenvalue weighted by atomic mass is 10.1. The summed E-state index contributed by atoms with van der Waals surface area (Å²) in [6, 6.07) is 2.93. The monoisotopic (exact) mass is 279 g/mol. The van der Waals surface area contributed by atoms with E-state index in [1.165, 1.54) is 10.9 Å². The van der Waals surface area contributed by atoms with Crippen LogP contribution < -0.4 is 5.32 Å². The molecule has 1 unspecified atom stereocenters. The van der Waals surface area contributed by atoms with Crippen molar-refractivity contribution in [2.24, 2.45) is 0 Å². The number of likely N-dealkylation sites (N-methyl/N-ethyl adjacent to an activating group) is 1. The fourth-order valence-corrected chi connectivity index (χ4v) is 2.95. The van der Waals surface area contributed by atoms with Crippen molar-refractivity contribution < 1.29 is 4.39 Å². The van der Waals surface area contributed by atoms with E-state index >= 15 is 0 Å². The molecule has 2 aromatic heterocycles. The Morgan fingerprint density at radius 3 is 2.79 bits per heavy atom. The van der Waals surface area contributed by atoms with Crippen LogP contribution in [0.15, 0.2) is 18.3 Å². The van der Waals surface area contributed by atoms with Crippen LogP contribution in [0.5, 0.6) is 0 Å². The minimum atomic E-state index is -0.265. The van der Waals surface area contributed by atoms with Crippen molar-refractivity contribution in [1.29, 1.82) is 0 Å². The average Bonchev–Trinajstić information content (AvgIpc) is 2.68. The summed E-state index contributed by atoms with van der Waals surface area (Å²) in [5.41, 5.74) is 1.52. The third-order valence-electron chi connectivity index (χ3n) is 3.02. The first-order valence-corrected chi connectivity index (χ1v) is 7.20. The third-order valence-corrected chi connectivity index (χ3v) is 4.11. The van der Waals surface area contributed by atoms with E-state index in [2.05, 4.69) is 22.2 Å². The molecule has 0 fully saturated rings. The summed E-state index contributed by atoms with van der Waals surface area (Å²) in [6.45, 7) is 6.83. The minimum Gasteiger partial charge on any atom is -0.308 e. The Bertz CT molecular complexity index is 534. The largest absolute Gasteiger partial charge is 0.308 e. The van der Waals surface area contributed by atoms with Crippen LogP contribution in [0.4, 0.5) is 4.39 Å². The highest BCUT2D eigenvalue weighted by atomic mass is 32.1. The summed E-state index contributed by atoms with van der Waals surface area (Å²) in [5, 5.41) is 4.30. The van der Waals surface area contributed by atoms with Crippen molar-refractivity contribution in [2.75, 3.05) is 6.54 Å². The zero-order chi connectivity index (χ0) is 13.8. The summed E-state index contributed by atoms with van der Waals surface area (Å²) >= 11 is 1.67. The smallest absolute Gasteiger partial charge is 0.146 e. The first-order valence-electron chi connectivity index (χ1n) is 6.38. The topological polar surface area (TPSA) is 37.8 Å². The first-order chi connectivity index (χ1) is 9.11. The summed E-state index contributed by atoms with van der Waals surface area (Å²) < 4.78 is 13.8. The van der Waals surface area contributed by atoms with Crippen LogP contribution in [-0.4, -0.2) is 16.5 Å². The van der Waals surface area contributed by atoms with Crippen LogP contribution >= 0.6 is 11.3 Å². The number of pyridine rings is 1. The van der Waals surface area contributed by atoms with Crippen LogP contribution in [0.25, 0.3) is 0 Å². The first kappa shape index (κ1) is 14.1. The quantitative estimate of drug-likeness (QED) is 0.913. The van der Waals surface area contributed by atoms with Gasteiger partial charge in [0.1, 0.15) is 5.82 Å². The number of hydrogen-bond acceptors (Lipinski definition) is 4. The standard InChI is InChI=1S/C14H18FN3S/c1-4-16-12(14-11(15)6-5-7-17-14)8-13-18-9(2)10(3)19-13/h5-7,12,16H,4,8H2,1-3H3. The van der Waals surface area contributed by atoms with Gasteiger partial charge < -0.3 is 5.32 Å². The molecule has 1 N–H and O–H groups in total. The molecule has 0 aliphatic heterocycles. The van der Waals surface area contributed by atoms with Gasteiger partial charge in [0.05, 0.1) is 22.4 Å². The van der Waals surface area contributed by atoms with Gasteiger partial charge in [-0.2, -0.15) is 0 Å². The van der Waals surface area contributed by atoms with Gasteiger partial charge in [0, 0.05) is 17.5 Å². The van der Waals surface area contributed by atoms with E-state index in [0.717, 1.165) is 17.2 Å². The van der Waals surface area contributed by atoms with Gasteiger partial charge in [-0.3, -0.25) is 4.98 Å². The number of halogens is 1. The van der Waals surface area contributed by atoms with E-state index in [9.17, 15) is 4.39 Å². The van der Waals surface area contributed by atoms with Crippen molar-refractivity contribution in [3.8, 4) is 0 Å². The zero-order valence-electron chi connectivity index (χ0n) is 11.4. The molecular formula is C14H18FN3S. The van der Waals surface area contributed by atoms with Crippen molar-refractivity contribution >= 4 is 11.3 Å². The summed E-state index contributed by atoms with van der Waals surface area (Å²) in [7, 11) is 0. The van der Waals surface area contributed by atoms with E-state index in [-0.39, 0.29) is 11.9 Å². The lowest BCUT2D eigenvalue weighted by Gasteiger charge is -2.16. The maximum atomic E-state index is 13.8. The molecule has 0 amide bonds. The van der Waals surface area contributed by atoms with Crippen LogP contribution in [0.2, 0.25) is 0 Å². The van der Waals surface area contributed by atoms with Crippen LogP contribution in [0.3, 0.4) is 0 Å². The van der Waals surface area contributed by atoms with E-state index in [0.29, 0.717) is 12.1 Å². The number of nitrogens with zero attached hydrogens (tertiary/aromatic N) is 2. The normalized spacial score (nSPS) is 12.6. The molecule has 5 heteroatoms. The average molecular weight is 279 g/mol. The summed E-state index contributed by atoms with van der Waals surface area (Å²) in [5.74, 6) is -0.265. The molecule has 0 aromatic carbocycles. The Kier molecular flexibility index (Phi) is 4.61. The fraction of sp³-hybridized carbons (Fsp3) is 0.429. The Morgan fingerprint density at radius 2 is 2.21 bits per heavy atom. The number of hydrogen-bond donors (Lipinski definition) is 1. The molecule has 0 aliphatic rings. The lowest BCUT2D eigenvalue weighted by molar-refractivity contribution is 0.493. The molecular weight excluding hydrogens is 261 g/mol. The Hall–Kier alpha value is -1.33. The highest BCUT2D eigenvalue weighted by molar-refractivity contribution is 7.11. The number of rotatable bonds is 5. The van der Waals surface area contributed by atoms with Gasteiger partial charge in [0.25, 0.3) is 0 Å². The predicted octanol–water partition coefficient (Wildman–Crippen LogP) is 3.19. The second kappa shape index (κ2) is 6.21. The molecule has 2 heterocycles. The van der Waals surface area contributed by atoms with Crippen molar-refractivity contribution in [3.05, 3.63) is 45.4 Å². The maximum absolute atomic E-state index is 13.8. The molecule has 0 radical (unpaired) electrons. The SMILES string of the molecule is CCNC(Cc1nc(C)c(C)s1)c1ncccc1F. The number of thiazole rings is 1. The predicted molar refractivity (Wildman–Crippen MR) is 75.9 cm³/mol. The molecule has 0 saturated heterocycles. The maximum Gasteiger partial charge on any atom is 0.146 e. The van der Waals surface area contributed by atoms with Gasteiger partial charge in [0.15, 0.2) is 0 Å². The number of aromatic nitrogens is 2. The molecule has 1 atom stereocenters. The lowest BCUT2D eigenvalue weighted by Crippen LogP contribution is -2.24.